The fraction of sp³-hybridized carbons (Fsp3) is 0.417. The van der Waals surface area contributed by atoms with Gasteiger partial charge in [-0.1, -0.05) is 19.1 Å². The highest BCUT2D eigenvalue weighted by Gasteiger charge is 2.10. The molecule has 19 heavy (non-hydrogen) atoms. The van der Waals surface area contributed by atoms with E-state index in [1.807, 2.05) is 6.92 Å². The van der Waals surface area contributed by atoms with Crippen molar-refractivity contribution >= 4 is 15.9 Å². The molecule has 0 radical (unpaired) electrons. The lowest BCUT2D eigenvalue weighted by Crippen LogP contribution is -2.40. The summed E-state index contributed by atoms with van der Waals surface area (Å²) in [5.74, 6) is -0.177. The summed E-state index contributed by atoms with van der Waals surface area (Å²) in [5, 5.41) is 7.72. The monoisotopic (exact) mass is 285 g/mol. The first-order valence-corrected chi connectivity index (χ1v) is 7.54. The van der Waals surface area contributed by atoms with E-state index in [1.54, 1.807) is 12.1 Å². The molecule has 0 aliphatic rings. The fourth-order valence-corrected chi connectivity index (χ4v) is 2.01. The molecule has 7 heteroatoms. The number of carbonyl (C=O) groups excluding carboxylic acids is 1. The van der Waals surface area contributed by atoms with E-state index in [-0.39, 0.29) is 10.8 Å². The van der Waals surface area contributed by atoms with Crippen molar-refractivity contribution in [1.82, 2.24) is 5.32 Å². The summed E-state index contributed by atoms with van der Waals surface area (Å²) in [5.41, 5.74) is 6.49. The van der Waals surface area contributed by atoms with Crippen LogP contribution >= 0.6 is 0 Å². The van der Waals surface area contributed by atoms with E-state index in [0.29, 0.717) is 19.4 Å². The van der Waals surface area contributed by atoms with Gasteiger partial charge in [-0.25, -0.2) is 13.6 Å². The minimum Gasteiger partial charge on any atom is -0.354 e. The van der Waals surface area contributed by atoms with E-state index >= 15 is 0 Å². The molecule has 1 aromatic carbocycles. The maximum atomic E-state index is 11.4. The fourth-order valence-electron chi connectivity index (χ4n) is 1.49. The molecule has 0 aliphatic heterocycles. The van der Waals surface area contributed by atoms with E-state index in [4.69, 9.17) is 10.9 Å². The van der Waals surface area contributed by atoms with Crippen molar-refractivity contribution in [3.05, 3.63) is 29.8 Å². The molecule has 6 nitrogen and oxygen atoms in total. The molecule has 0 saturated heterocycles. The standard InChI is InChI=1S/C12H19N3O3S/c1-2-11(13)12(16)15-8-7-9-3-5-10(6-4-9)19(14,17)18/h3-6,11H,2,7-8,13H2,1H3,(H,15,16)(H2,14,17,18). The van der Waals surface area contributed by atoms with Crippen molar-refractivity contribution in [2.24, 2.45) is 10.9 Å². The third-order valence-corrected chi connectivity index (χ3v) is 3.67. The van der Waals surface area contributed by atoms with Gasteiger partial charge in [-0.3, -0.25) is 4.79 Å². The smallest absolute Gasteiger partial charge is 0.238 e. The third kappa shape index (κ3) is 4.98. The Morgan fingerprint density at radius 2 is 1.89 bits per heavy atom. The van der Waals surface area contributed by atoms with Crippen LogP contribution in [0.25, 0.3) is 0 Å². The average molecular weight is 285 g/mol. The Morgan fingerprint density at radius 3 is 2.37 bits per heavy atom. The molecule has 0 fully saturated rings. The van der Waals surface area contributed by atoms with Gasteiger partial charge in [0.2, 0.25) is 15.9 Å². The van der Waals surface area contributed by atoms with Gasteiger partial charge in [0.15, 0.2) is 0 Å². The molecule has 1 rings (SSSR count). The number of hydrogen-bond donors (Lipinski definition) is 3. The van der Waals surface area contributed by atoms with Gasteiger partial charge in [0.1, 0.15) is 0 Å². The zero-order valence-corrected chi connectivity index (χ0v) is 11.6. The van der Waals surface area contributed by atoms with Crippen LogP contribution in [-0.4, -0.2) is 26.9 Å². The molecule has 0 saturated carbocycles. The lowest BCUT2D eigenvalue weighted by molar-refractivity contribution is -0.122. The second-order valence-corrected chi connectivity index (χ2v) is 5.81. The predicted molar refractivity (Wildman–Crippen MR) is 72.8 cm³/mol. The second kappa shape index (κ2) is 6.65. The number of nitrogens with two attached hydrogens (primary N) is 2. The SMILES string of the molecule is CCC(N)C(=O)NCCc1ccc(S(N)(=O)=O)cc1. The molecule has 1 amide bonds. The van der Waals surface area contributed by atoms with Gasteiger partial charge < -0.3 is 11.1 Å². The van der Waals surface area contributed by atoms with E-state index < -0.39 is 16.1 Å². The number of hydrogen-bond acceptors (Lipinski definition) is 4. The van der Waals surface area contributed by atoms with Gasteiger partial charge >= 0.3 is 0 Å². The van der Waals surface area contributed by atoms with Gasteiger partial charge in [0.25, 0.3) is 0 Å². The summed E-state index contributed by atoms with van der Waals surface area (Å²) in [7, 11) is -3.65. The van der Waals surface area contributed by atoms with Crippen LogP contribution < -0.4 is 16.2 Å². The minimum absolute atomic E-state index is 0.0771. The third-order valence-electron chi connectivity index (χ3n) is 2.74. The Morgan fingerprint density at radius 1 is 1.32 bits per heavy atom. The first-order chi connectivity index (χ1) is 8.84. The van der Waals surface area contributed by atoms with Crippen LogP contribution in [0.3, 0.4) is 0 Å². The number of primary sulfonamides is 1. The highest BCUT2D eigenvalue weighted by Crippen LogP contribution is 2.08. The molecule has 1 aromatic rings. The number of benzene rings is 1. The van der Waals surface area contributed by atoms with Crippen molar-refractivity contribution in [2.75, 3.05) is 6.54 Å². The van der Waals surface area contributed by atoms with Crippen LogP contribution in [0.4, 0.5) is 0 Å². The van der Waals surface area contributed by atoms with Gasteiger partial charge in [0.05, 0.1) is 10.9 Å². The summed E-state index contributed by atoms with van der Waals surface area (Å²) in [6.07, 6.45) is 1.20. The van der Waals surface area contributed by atoms with E-state index in [9.17, 15) is 13.2 Å². The summed E-state index contributed by atoms with van der Waals surface area (Å²) in [6, 6.07) is 5.76. The zero-order chi connectivity index (χ0) is 14.5. The molecule has 1 atom stereocenters. The number of rotatable bonds is 6. The van der Waals surface area contributed by atoms with Gasteiger partial charge in [-0.15, -0.1) is 0 Å². The predicted octanol–water partition coefficient (Wildman–Crippen LogP) is -0.270. The molecule has 0 spiro atoms. The summed E-state index contributed by atoms with van der Waals surface area (Å²) in [6.45, 7) is 2.30. The summed E-state index contributed by atoms with van der Waals surface area (Å²) >= 11 is 0. The van der Waals surface area contributed by atoms with Crippen LogP contribution in [0.2, 0.25) is 0 Å². The Balaban J connectivity index is 2.49. The Kier molecular flexibility index (Phi) is 5.46. The maximum absolute atomic E-state index is 11.4. The minimum atomic E-state index is -3.65. The van der Waals surface area contributed by atoms with Gasteiger partial charge in [-0.05, 0) is 30.5 Å². The molecule has 1 unspecified atom stereocenters. The summed E-state index contributed by atoms with van der Waals surface area (Å²) in [4.78, 5) is 11.5. The van der Waals surface area contributed by atoms with Crippen LogP contribution in [0.15, 0.2) is 29.2 Å². The van der Waals surface area contributed by atoms with Crippen molar-refractivity contribution < 1.29 is 13.2 Å². The van der Waals surface area contributed by atoms with Crippen LogP contribution in [0.5, 0.6) is 0 Å². The average Bonchev–Trinajstić information content (AvgIpc) is 2.37. The van der Waals surface area contributed by atoms with Crippen LogP contribution in [-0.2, 0) is 21.2 Å². The maximum Gasteiger partial charge on any atom is 0.238 e. The number of amides is 1. The number of nitrogens with one attached hydrogen (secondary N) is 1. The molecule has 5 N–H and O–H groups in total. The van der Waals surface area contributed by atoms with Crippen molar-refractivity contribution in [3.63, 3.8) is 0 Å². The van der Waals surface area contributed by atoms with Crippen molar-refractivity contribution in [2.45, 2.75) is 30.7 Å². The lowest BCUT2D eigenvalue weighted by Gasteiger charge is -2.10. The molecule has 0 aliphatic carbocycles. The molecule has 0 aromatic heterocycles. The van der Waals surface area contributed by atoms with E-state index in [0.717, 1.165) is 5.56 Å². The van der Waals surface area contributed by atoms with Crippen LogP contribution in [0, 0.1) is 0 Å². The summed E-state index contributed by atoms with van der Waals surface area (Å²) < 4.78 is 22.1. The van der Waals surface area contributed by atoms with Gasteiger partial charge in [-0.2, -0.15) is 0 Å². The Labute approximate surface area is 113 Å². The lowest BCUT2D eigenvalue weighted by atomic mass is 10.1. The Bertz CT molecular complexity index is 526. The van der Waals surface area contributed by atoms with Gasteiger partial charge in [0, 0.05) is 6.54 Å². The first-order valence-electron chi connectivity index (χ1n) is 5.99. The highest BCUT2D eigenvalue weighted by atomic mass is 32.2. The van der Waals surface area contributed by atoms with Crippen molar-refractivity contribution in [1.29, 1.82) is 0 Å². The van der Waals surface area contributed by atoms with Crippen molar-refractivity contribution in [3.8, 4) is 0 Å². The number of sulfonamides is 1. The molecule has 106 valence electrons. The molecule has 0 heterocycles. The molecular formula is C12H19N3O3S. The van der Waals surface area contributed by atoms with E-state index in [2.05, 4.69) is 5.32 Å². The largest absolute Gasteiger partial charge is 0.354 e. The normalized spacial score (nSPS) is 13.0. The second-order valence-electron chi connectivity index (χ2n) is 4.24. The van der Waals surface area contributed by atoms with E-state index in [1.165, 1.54) is 12.1 Å². The first kappa shape index (κ1) is 15.6. The topological polar surface area (TPSA) is 115 Å². The highest BCUT2D eigenvalue weighted by molar-refractivity contribution is 7.89. The molecular weight excluding hydrogens is 266 g/mol. The number of carbonyl (C=O) groups is 1. The quantitative estimate of drug-likeness (QED) is 0.667. The zero-order valence-electron chi connectivity index (χ0n) is 10.8. The molecule has 0 bridgehead atoms. The van der Waals surface area contributed by atoms with Crippen LogP contribution in [0.1, 0.15) is 18.9 Å². The Hall–Kier alpha value is -1.44.